The predicted molar refractivity (Wildman–Crippen MR) is 81.7 cm³/mol. The summed E-state index contributed by atoms with van der Waals surface area (Å²) >= 11 is 0. The van der Waals surface area contributed by atoms with Gasteiger partial charge in [-0.3, -0.25) is 9.53 Å². The lowest BCUT2D eigenvalue weighted by Crippen LogP contribution is -2.28. The van der Waals surface area contributed by atoms with Crippen LogP contribution in [0.5, 0.6) is 0 Å². The Labute approximate surface area is 138 Å². The van der Waals surface area contributed by atoms with Gasteiger partial charge in [-0.15, -0.1) is 0 Å². The molecule has 2 rings (SSSR count). The minimum absolute atomic E-state index is 0.0716. The lowest BCUT2D eigenvalue weighted by molar-refractivity contribution is -0.136. The van der Waals surface area contributed by atoms with Crippen LogP contribution in [0, 0.1) is 17.9 Å². The molecule has 124 valence electrons. The molecular formula is C17H15F3N4. The fraction of sp³-hybridized carbons (Fsp3) is 0.353. The molecule has 0 aliphatic heterocycles. The van der Waals surface area contributed by atoms with Crippen LogP contribution in [0.4, 0.5) is 13.2 Å². The summed E-state index contributed by atoms with van der Waals surface area (Å²) in [4.78, 5) is 3.18. The van der Waals surface area contributed by atoms with Crippen LogP contribution in [-0.2, 0) is 13.0 Å². The lowest BCUT2D eigenvalue weighted by Gasteiger charge is -2.14. The first-order chi connectivity index (χ1) is 11.4. The van der Waals surface area contributed by atoms with Crippen molar-refractivity contribution >= 4 is 0 Å². The third-order valence-corrected chi connectivity index (χ3v) is 3.61. The summed E-state index contributed by atoms with van der Waals surface area (Å²) in [5.41, 5.74) is -0.109. The molecule has 0 aliphatic carbocycles. The molecule has 1 unspecified atom stereocenters. The summed E-state index contributed by atoms with van der Waals surface area (Å²) in [6.07, 6.45) is -2.99. The highest BCUT2D eigenvalue weighted by Crippen LogP contribution is 2.30. The van der Waals surface area contributed by atoms with Crippen molar-refractivity contribution in [2.75, 3.05) is 0 Å². The van der Waals surface area contributed by atoms with E-state index in [9.17, 15) is 18.4 Å². The molecule has 0 saturated carbocycles. The van der Waals surface area contributed by atoms with Crippen LogP contribution in [0.1, 0.15) is 24.0 Å². The second kappa shape index (κ2) is 7.18. The Balaban J connectivity index is 2.08. The number of nitrogens with zero attached hydrogens (tertiary/aromatic N) is 4. The van der Waals surface area contributed by atoms with Crippen molar-refractivity contribution in [1.29, 1.82) is 5.26 Å². The van der Waals surface area contributed by atoms with E-state index in [1.54, 1.807) is 16.9 Å². The van der Waals surface area contributed by atoms with Gasteiger partial charge in [0.25, 0.3) is 0 Å². The minimum atomic E-state index is -4.38. The van der Waals surface area contributed by atoms with Gasteiger partial charge in [0, 0.05) is 12.6 Å². The fourth-order valence-corrected chi connectivity index (χ4v) is 2.35. The molecule has 4 nitrogen and oxygen atoms in total. The van der Waals surface area contributed by atoms with Crippen LogP contribution in [0.15, 0.2) is 42.7 Å². The molecule has 2 aromatic rings. The van der Waals surface area contributed by atoms with Crippen LogP contribution < -0.4 is 0 Å². The van der Waals surface area contributed by atoms with Crippen LogP contribution in [0.2, 0.25) is 0 Å². The number of benzene rings is 1. The maximum Gasteiger partial charge on any atom is 0.389 e. The van der Waals surface area contributed by atoms with E-state index in [2.05, 4.69) is 9.94 Å². The highest BCUT2D eigenvalue weighted by molar-refractivity contribution is 5.24. The lowest BCUT2D eigenvalue weighted by atomic mass is 9.89. The molecule has 0 N–H and O–H groups in total. The zero-order valence-corrected chi connectivity index (χ0v) is 12.8. The van der Waals surface area contributed by atoms with Crippen molar-refractivity contribution in [3.63, 3.8) is 0 Å². The van der Waals surface area contributed by atoms with Gasteiger partial charge < -0.3 is 0 Å². The van der Waals surface area contributed by atoms with E-state index >= 15 is 0 Å². The second-order valence-electron chi connectivity index (χ2n) is 5.58. The number of hydrogen-bond donors (Lipinski definition) is 0. The van der Waals surface area contributed by atoms with Gasteiger partial charge in [0.2, 0.25) is 0 Å². The summed E-state index contributed by atoms with van der Waals surface area (Å²) in [6.45, 7) is 7.67. The van der Waals surface area contributed by atoms with Gasteiger partial charge in [-0.1, -0.05) is 30.3 Å². The van der Waals surface area contributed by atoms with Gasteiger partial charge >= 0.3 is 11.7 Å². The van der Waals surface area contributed by atoms with Crippen LogP contribution in [0.25, 0.3) is 4.85 Å². The number of halogens is 3. The van der Waals surface area contributed by atoms with Crippen LogP contribution >= 0.6 is 0 Å². The molecule has 1 atom stereocenters. The summed E-state index contributed by atoms with van der Waals surface area (Å²) in [6, 6.07) is 11.3. The maximum absolute atomic E-state index is 12.4. The zero-order chi connectivity index (χ0) is 17.6. The maximum atomic E-state index is 12.4. The first kappa shape index (κ1) is 17.6. The van der Waals surface area contributed by atoms with Crippen molar-refractivity contribution in [2.45, 2.75) is 37.5 Å². The van der Waals surface area contributed by atoms with Crippen molar-refractivity contribution in [3.8, 4) is 6.07 Å². The van der Waals surface area contributed by atoms with E-state index in [-0.39, 0.29) is 6.42 Å². The number of aromatic nitrogens is 2. The Morgan fingerprint density at radius 2 is 1.88 bits per heavy atom. The molecule has 7 heteroatoms. The molecule has 0 bridgehead atoms. The van der Waals surface area contributed by atoms with Gasteiger partial charge in [0.15, 0.2) is 6.07 Å². The highest BCUT2D eigenvalue weighted by atomic mass is 19.4. The Hall–Kier alpha value is -2.80. The van der Waals surface area contributed by atoms with Gasteiger partial charge in [-0.25, -0.2) is 6.57 Å². The molecule has 0 saturated heterocycles. The average molecular weight is 332 g/mol. The number of rotatable bonds is 6. The quantitative estimate of drug-likeness (QED) is 0.751. The van der Waals surface area contributed by atoms with Crippen LogP contribution in [0.3, 0.4) is 0 Å². The highest BCUT2D eigenvalue weighted by Gasteiger charge is 2.42. The van der Waals surface area contributed by atoms with E-state index in [0.29, 0.717) is 12.1 Å². The number of nitriles is 1. The van der Waals surface area contributed by atoms with Crippen molar-refractivity contribution < 1.29 is 13.2 Å². The number of hydrogen-bond acceptors (Lipinski definition) is 2. The van der Waals surface area contributed by atoms with E-state index < -0.39 is 24.6 Å². The Kier molecular flexibility index (Phi) is 5.25. The number of alkyl halides is 3. The predicted octanol–water partition coefficient (Wildman–Crippen LogP) is 4.00. The minimum Gasteiger partial charge on any atom is -0.294 e. The molecule has 0 fully saturated rings. The van der Waals surface area contributed by atoms with E-state index in [4.69, 9.17) is 6.57 Å². The van der Waals surface area contributed by atoms with E-state index in [1.807, 2.05) is 30.3 Å². The topological polar surface area (TPSA) is 46.0 Å². The normalized spacial score (nSPS) is 13.7. The Morgan fingerprint density at radius 3 is 2.46 bits per heavy atom. The van der Waals surface area contributed by atoms with E-state index in [1.165, 1.54) is 6.20 Å². The first-order valence-corrected chi connectivity index (χ1v) is 7.28. The molecule has 1 aromatic heterocycles. The Morgan fingerprint density at radius 1 is 1.17 bits per heavy atom. The summed E-state index contributed by atoms with van der Waals surface area (Å²) in [5, 5.41) is 13.4. The Bertz CT molecular complexity index is 737. The molecule has 0 amide bonds. The van der Waals surface area contributed by atoms with Crippen LogP contribution in [-0.4, -0.2) is 21.5 Å². The summed E-state index contributed by atoms with van der Waals surface area (Å²) in [5.74, 6) is 0. The average Bonchev–Trinajstić information content (AvgIpc) is 2.98. The monoisotopic (exact) mass is 332 g/mol. The molecule has 1 heterocycles. The SMILES string of the molecule is [C-]#[N+]C(C#N)(CCC(F)(F)F)Cc1cnn(Cc2ccccc2)c1. The molecule has 24 heavy (non-hydrogen) atoms. The molecule has 1 aromatic carbocycles. The molecule has 0 aliphatic rings. The molecular weight excluding hydrogens is 317 g/mol. The molecule has 0 radical (unpaired) electrons. The van der Waals surface area contributed by atoms with Crippen molar-refractivity contribution in [2.24, 2.45) is 0 Å². The third-order valence-electron chi connectivity index (χ3n) is 3.61. The van der Waals surface area contributed by atoms with Gasteiger partial charge in [-0.05, 0) is 11.1 Å². The summed E-state index contributed by atoms with van der Waals surface area (Å²) in [7, 11) is 0. The van der Waals surface area contributed by atoms with Gasteiger partial charge in [0.05, 0.1) is 25.6 Å². The third kappa shape index (κ3) is 4.85. The second-order valence-corrected chi connectivity index (χ2v) is 5.58. The largest absolute Gasteiger partial charge is 0.389 e. The smallest absolute Gasteiger partial charge is 0.294 e. The fourth-order valence-electron chi connectivity index (χ4n) is 2.35. The van der Waals surface area contributed by atoms with Gasteiger partial charge in [0.1, 0.15) is 0 Å². The zero-order valence-electron chi connectivity index (χ0n) is 12.8. The van der Waals surface area contributed by atoms with Crippen molar-refractivity contribution in [3.05, 3.63) is 65.3 Å². The van der Waals surface area contributed by atoms with Crippen molar-refractivity contribution in [1.82, 2.24) is 9.78 Å². The molecule has 0 spiro atoms. The first-order valence-electron chi connectivity index (χ1n) is 7.28. The van der Waals surface area contributed by atoms with Gasteiger partial charge in [-0.2, -0.15) is 23.5 Å². The summed E-state index contributed by atoms with van der Waals surface area (Å²) < 4.78 is 38.9. The standard InChI is InChI=1S/C17H15F3N4/c1-22-16(13-21,7-8-17(18,19)20)9-15-10-23-24(12-15)11-14-5-3-2-4-6-14/h2-6,10,12H,7-9,11H2. The van der Waals surface area contributed by atoms with E-state index in [0.717, 1.165) is 5.56 Å².